The Morgan fingerprint density at radius 2 is 1.91 bits per heavy atom. The van der Waals surface area contributed by atoms with E-state index < -0.39 is 0 Å². The number of ether oxygens (including phenoxy) is 1. The van der Waals surface area contributed by atoms with E-state index >= 15 is 0 Å². The van der Waals surface area contributed by atoms with Crippen molar-refractivity contribution in [2.75, 3.05) is 0 Å². The molecule has 2 aromatic carbocycles. The van der Waals surface area contributed by atoms with Gasteiger partial charge in [0.25, 0.3) is 0 Å². The third-order valence-electron chi connectivity index (χ3n) is 5.70. The van der Waals surface area contributed by atoms with E-state index in [-0.39, 0.29) is 12.3 Å². The highest BCUT2D eigenvalue weighted by Crippen LogP contribution is 2.43. The summed E-state index contributed by atoms with van der Waals surface area (Å²) in [6, 6.07) is 13.6. The molecule has 9 heteroatoms. The molecule has 4 aromatic rings. The third kappa shape index (κ3) is 3.71. The van der Waals surface area contributed by atoms with E-state index in [1.807, 2.05) is 54.9 Å². The number of benzene rings is 2. The Morgan fingerprint density at radius 1 is 1.09 bits per heavy atom. The molecule has 1 aliphatic carbocycles. The molecule has 0 unspecified atom stereocenters. The number of hydrogen-bond donors (Lipinski definition) is 0. The average molecular weight is 451 g/mol. The van der Waals surface area contributed by atoms with Crippen molar-refractivity contribution in [3.8, 4) is 17.1 Å². The van der Waals surface area contributed by atoms with Crippen LogP contribution in [0, 0.1) is 13.8 Å². The number of rotatable bonds is 6. The molecule has 2 heterocycles. The summed E-state index contributed by atoms with van der Waals surface area (Å²) in [5.41, 5.74) is 5.34. The normalized spacial score (nSPS) is 13.5. The lowest BCUT2D eigenvalue weighted by Crippen LogP contribution is -2.23. The van der Waals surface area contributed by atoms with Gasteiger partial charge in [-0.25, -0.2) is 9.48 Å². The minimum absolute atomic E-state index is 0.268. The molecule has 0 saturated heterocycles. The van der Waals surface area contributed by atoms with Crippen LogP contribution >= 0.6 is 11.6 Å². The second-order valence-electron chi connectivity index (χ2n) is 8.16. The summed E-state index contributed by atoms with van der Waals surface area (Å²) in [5, 5.41) is 12.9. The van der Waals surface area contributed by atoms with Crippen molar-refractivity contribution in [2.45, 2.75) is 39.2 Å². The summed E-state index contributed by atoms with van der Waals surface area (Å²) in [6.45, 7) is 4.23. The van der Waals surface area contributed by atoms with Crippen LogP contribution < -0.4 is 10.4 Å². The second-order valence-corrected chi connectivity index (χ2v) is 8.57. The molecule has 8 nitrogen and oxygen atoms in total. The molecule has 0 N–H and O–H groups in total. The Labute approximate surface area is 190 Å². The lowest BCUT2D eigenvalue weighted by Gasteiger charge is -2.16. The fourth-order valence-electron chi connectivity index (χ4n) is 3.97. The second kappa shape index (κ2) is 7.94. The predicted molar refractivity (Wildman–Crippen MR) is 121 cm³/mol. The van der Waals surface area contributed by atoms with E-state index in [0.29, 0.717) is 22.4 Å². The molecule has 1 saturated carbocycles. The molecule has 0 radical (unpaired) electrons. The topological polar surface area (TPSA) is 79.8 Å². The van der Waals surface area contributed by atoms with Crippen LogP contribution in [0.15, 0.2) is 47.3 Å². The van der Waals surface area contributed by atoms with Crippen LogP contribution in [0.1, 0.15) is 41.3 Å². The first-order valence-corrected chi connectivity index (χ1v) is 10.9. The van der Waals surface area contributed by atoms with Crippen molar-refractivity contribution in [2.24, 2.45) is 7.05 Å². The molecular formula is C23H23ClN6O2. The SMILES string of the molecule is Cc1cc(C)n(-c2ccc(OCc3c(C4CC4)cccc3-n3nnn(C)c3=O)c(Cl)c2)n1. The van der Waals surface area contributed by atoms with Gasteiger partial charge in [-0.2, -0.15) is 14.5 Å². The molecule has 0 aliphatic heterocycles. The van der Waals surface area contributed by atoms with Crippen LogP contribution in [0.3, 0.4) is 0 Å². The molecule has 2 aromatic heterocycles. The zero-order valence-corrected chi connectivity index (χ0v) is 18.9. The molecule has 0 spiro atoms. The quantitative estimate of drug-likeness (QED) is 0.445. The number of aryl methyl sites for hydroxylation is 3. The Kier molecular flexibility index (Phi) is 5.09. The van der Waals surface area contributed by atoms with E-state index in [1.165, 1.54) is 14.9 Å². The molecule has 0 atom stereocenters. The van der Waals surface area contributed by atoms with Crippen LogP contribution in [-0.4, -0.2) is 29.6 Å². The Morgan fingerprint density at radius 3 is 2.53 bits per heavy atom. The molecule has 32 heavy (non-hydrogen) atoms. The largest absolute Gasteiger partial charge is 0.487 e. The van der Waals surface area contributed by atoms with E-state index in [2.05, 4.69) is 21.6 Å². The standard InChI is InChI=1S/C23H23ClN6O2/c1-14-11-15(2)29(25-14)17-9-10-22(20(24)12-17)32-13-19-18(16-7-8-16)5-4-6-21(19)30-23(31)28(3)26-27-30/h4-6,9-12,16H,7-8,13H2,1-3H3. The van der Waals surface area contributed by atoms with Crippen molar-refractivity contribution in [3.63, 3.8) is 0 Å². The summed E-state index contributed by atoms with van der Waals surface area (Å²) >= 11 is 6.56. The zero-order chi connectivity index (χ0) is 22.4. The van der Waals surface area contributed by atoms with E-state index in [1.54, 1.807) is 7.05 Å². The summed E-state index contributed by atoms with van der Waals surface area (Å²) in [7, 11) is 1.58. The lowest BCUT2D eigenvalue weighted by atomic mass is 10.0. The average Bonchev–Trinajstić information content (AvgIpc) is 3.49. The highest BCUT2D eigenvalue weighted by molar-refractivity contribution is 6.32. The fourth-order valence-corrected chi connectivity index (χ4v) is 4.20. The van der Waals surface area contributed by atoms with Gasteiger partial charge in [0.05, 0.1) is 22.1 Å². The summed E-state index contributed by atoms with van der Waals surface area (Å²) in [5.74, 6) is 1.05. The number of hydrogen-bond acceptors (Lipinski definition) is 5. The monoisotopic (exact) mass is 450 g/mol. The van der Waals surface area contributed by atoms with Gasteiger partial charge in [-0.05, 0) is 78.9 Å². The van der Waals surface area contributed by atoms with Crippen molar-refractivity contribution in [1.29, 1.82) is 0 Å². The van der Waals surface area contributed by atoms with Crippen LogP contribution in [0.5, 0.6) is 5.75 Å². The smallest absolute Gasteiger partial charge is 0.368 e. The number of nitrogens with zero attached hydrogens (tertiary/aromatic N) is 6. The Balaban J connectivity index is 1.47. The molecule has 0 amide bonds. The predicted octanol–water partition coefficient (Wildman–Crippen LogP) is 3.88. The van der Waals surface area contributed by atoms with Crippen molar-refractivity contribution >= 4 is 11.6 Å². The molecular weight excluding hydrogens is 428 g/mol. The number of aromatic nitrogens is 6. The summed E-state index contributed by atoms with van der Waals surface area (Å²) in [6.07, 6.45) is 2.26. The maximum absolute atomic E-state index is 12.5. The first-order valence-electron chi connectivity index (χ1n) is 10.5. The van der Waals surface area contributed by atoms with Gasteiger partial charge in [0.2, 0.25) is 0 Å². The number of halogens is 1. The summed E-state index contributed by atoms with van der Waals surface area (Å²) < 4.78 is 10.5. The molecule has 1 aliphatic rings. The first kappa shape index (κ1) is 20.5. The van der Waals surface area contributed by atoms with Gasteiger partial charge in [-0.15, -0.1) is 0 Å². The van der Waals surface area contributed by atoms with Gasteiger partial charge in [0.1, 0.15) is 12.4 Å². The van der Waals surface area contributed by atoms with E-state index in [9.17, 15) is 4.79 Å². The minimum atomic E-state index is -0.300. The Hall–Kier alpha value is -3.39. The highest BCUT2D eigenvalue weighted by Gasteiger charge is 2.28. The Bertz CT molecular complexity index is 1370. The zero-order valence-electron chi connectivity index (χ0n) is 18.1. The first-order chi connectivity index (χ1) is 15.4. The van der Waals surface area contributed by atoms with Gasteiger partial charge >= 0.3 is 5.69 Å². The van der Waals surface area contributed by atoms with Gasteiger partial charge < -0.3 is 4.74 Å². The van der Waals surface area contributed by atoms with Crippen LogP contribution in [-0.2, 0) is 13.7 Å². The van der Waals surface area contributed by atoms with E-state index in [4.69, 9.17) is 16.3 Å². The fraction of sp³-hybridized carbons (Fsp3) is 0.304. The lowest BCUT2D eigenvalue weighted by molar-refractivity contribution is 0.304. The third-order valence-corrected chi connectivity index (χ3v) is 5.99. The molecule has 164 valence electrons. The van der Waals surface area contributed by atoms with Crippen LogP contribution in [0.25, 0.3) is 11.4 Å². The molecule has 0 bridgehead atoms. The maximum Gasteiger partial charge on any atom is 0.368 e. The van der Waals surface area contributed by atoms with Gasteiger partial charge in [0.15, 0.2) is 0 Å². The van der Waals surface area contributed by atoms with Gasteiger partial charge in [0, 0.05) is 18.3 Å². The highest BCUT2D eigenvalue weighted by atomic mass is 35.5. The van der Waals surface area contributed by atoms with Crippen molar-refractivity contribution < 1.29 is 4.74 Å². The summed E-state index contributed by atoms with van der Waals surface area (Å²) in [4.78, 5) is 12.5. The van der Waals surface area contributed by atoms with Crippen LogP contribution in [0.4, 0.5) is 0 Å². The van der Waals surface area contributed by atoms with Gasteiger partial charge in [-0.3, -0.25) is 0 Å². The van der Waals surface area contributed by atoms with E-state index in [0.717, 1.165) is 35.5 Å². The number of tetrazole rings is 1. The minimum Gasteiger partial charge on any atom is -0.487 e. The van der Waals surface area contributed by atoms with Crippen molar-refractivity contribution in [1.82, 2.24) is 29.6 Å². The van der Waals surface area contributed by atoms with Gasteiger partial charge in [-0.1, -0.05) is 23.7 Å². The van der Waals surface area contributed by atoms with Crippen molar-refractivity contribution in [3.05, 3.63) is 80.5 Å². The maximum atomic E-state index is 12.5. The molecule has 5 rings (SSSR count). The van der Waals surface area contributed by atoms with Crippen LogP contribution in [0.2, 0.25) is 5.02 Å². The molecule has 1 fully saturated rings.